The zero-order valence-electron chi connectivity index (χ0n) is 16.0. The Kier molecular flexibility index (Phi) is 5.27. The van der Waals surface area contributed by atoms with Gasteiger partial charge in [-0.2, -0.15) is 18.3 Å². The Morgan fingerprint density at radius 1 is 1.30 bits per heavy atom. The first-order chi connectivity index (χ1) is 14.1. The van der Waals surface area contributed by atoms with Crippen molar-refractivity contribution in [3.8, 4) is 0 Å². The highest BCUT2D eigenvalue weighted by molar-refractivity contribution is 7.10. The van der Waals surface area contributed by atoms with Crippen LogP contribution in [-0.2, 0) is 0 Å². The number of amides is 1. The van der Waals surface area contributed by atoms with Gasteiger partial charge in [-0.15, -0.1) is 11.3 Å². The molecular weight excluding hydrogens is 437 g/mol. The van der Waals surface area contributed by atoms with Gasteiger partial charge >= 0.3 is 6.18 Å². The van der Waals surface area contributed by atoms with Crippen molar-refractivity contribution in [3.63, 3.8) is 0 Å². The molecule has 2 unspecified atom stereocenters. The van der Waals surface area contributed by atoms with Crippen molar-refractivity contribution in [3.05, 3.63) is 62.4 Å². The number of anilines is 2. The van der Waals surface area contributed by atoms with E-state index in [-0.39, 0.29) is 23.0 Å². The monoisotopic (exact) mass is 454 g/mol. The van der Waals surface area contributed by atoms with Gasteiger partial charge in [0, 0.05) is 17.0 Å². The number of hydrogen-bond donors (Lipinski definition) is 2. The van der Waals surface area contributed by atoms with Crippen LogP contribution in [0.1, 0.15) is 45.0 Å². The van der Waals surface area contributed by atoms with Gasteiger partial charge in [-0.25, -0.2) is 4.68 Å². The van der Waals surface area contributed by atoms with Crippen LogP contribution in [0.4, 0.5) is 24.7 Å². The number of carbonyl (C=O) groups is 1. The third-order valence-corrected chi connectivity index (χ3v) is 6.51. The van der Waals surface area contributed by atoms with Gasteiger partial charge in [-0.3, -0.25) is 4.79 Å². The SMILES string of the molecule is Cc1ccc(NC(=O)c2nn3c(c2Cl)NC(c2cccs2)CC3C(F)(F)F)cc1C. The predicted octanol–water partition coefficient (Wildman–Crippen LogP) is 6.13. The quantitative estimate of drug-likeness (QED) is 0.500. The minimum absolute atomic E-state index is 0.00567. The van der Waals surface area contributed by atoms with E-state index in [1.54, 1.807) is 29.6 Å². The van der Waals surface area contributed by atoms with E-state index in [1.807, 2.05) is 19.9 Å². The zero-order valence-corrected chi connectivity index (χ0v) is 17.6. The summed E-state index contributed by atoms with van der Waals surface area (Å²) in [6, 6.07) is 6.42. The molecule has 0 radical (unpaired) electrons. The van der Waals surface area contributed by atoms with Crippen LogP contribution >= 0.6 is 22.9 Å². The third-order valence-electron chi connectivity index (χ3n) is 5.16. The molecule has 4 rings (SSSR count). The first kappa shape index (κ1) is 20.7. The van der Waals surface area contributed by atoms with Crippen LogP contribution in [0.2, 0.25) is 5.02 Å². The second kappa shape index (κ2) is 7.63. The molecule has 1 aromatic carbocycles. The van der Waals surface area contributed by atoms with Crippen molar-refractivity contribution in [1.29, 1.82) is 0 Å². The highest BCUT2D eigenvalue weighted by Crippen LogP contribution is 2.46. The van der Waals surface area contributed by atoms with E-state index < -0.39 is 24.2 Å². The molecule has 1 aliphatic rings. The molecule has 0 fully saturated rings. The van der Waals surface area contributed by atoms with Crippen molar-refractivity contribution < 1.29 is 18.0 Å². The summed E-state index contributed by atoms with van der Waals surface area (Å²) in [6.45, 7) is 3.84. The molecule has 0 spiro atoms. The number of hydrogen-bond acceptors (Lipinski definition) is 4. The summed E-state index contributed by atoms with van der Waals surface area (Å²) in [6.07, 6.45) is -4.78. The van der Waals surface area contributed by atoms with Gasteiger partial charge in [-0.05, 0) is 48.6 Å². The van der Waals surface area contributed by atoms with Crippen LogP contribution < -0.4 is 10.6 Å². The Morgan fingerprint density at radius 2 is 2.07 bits per heavy atom. The average molecular weight is 455 g/mol. The minimum Gasteiger partial charge on any atom is -0.361 e. The van der Waals surface area contributed by atoms with Crippen LogP contribution in [0.25, 0.3) is 0 Å². The maximum absolute atomic E-state index is 13.8. The fourth-order valence-electron chi connectivity index (χ4n) is 3.42. The number of rotatable bonds is 3. The van der Waals surface area contributed by atoms with E-state index >= 15 is 0 Å². The van der Waals surface area contributed by atoms with Crippen LogP contribution in [0.15, 0.2) is 35.7 Å². The molecular formula is C20H18ClF3N4OS. The van der Waals surface area contributed by atoms with Gasteiger partial charge in [0.1, 0.15) is 10.8 Å². The fraction of sp³-hybridized carbons (Fsp3) is 0.300. The number of aryl methyl sites for hydroxylation is 2. The van der Waals surface area contributed by atoms with Gasteiger partial charge in [0.2, 0.25) is 0 Å². The molecule has 1 amide bonds. The number of aromatic nitrogens is 2. The highest BCUT2D eigenvalue weighted by Gasteiger charge is 2.48. The summed E-state index contributed by atoms with van der Waals surface area (Å²) in [5.41, 5.74) is 2.29. The minimum atomic E-state index is -4.54. The zero-order chi connectivity index (χ0) is 21.6. The van der Waals surface area contributed by atoms with Crippen molar-refractivity contribution in [2.45, 2.75) is 38.5 Å². The molecule has 0 aliphatic carbocycles. The van der Waals surface area contributed by atoms with Crippen LogP contribution in [0.5, 0.6) is 0 Å². The van der Waals surface area contributed by atoms with Gasteiger partial charge < -0.3 is 10.6 Å². The Hall–Kier alpha value is -2.52. The van der Waals surface area contributed by atoms with Gasteiger partial charge in [0.05, 0.1) is 6.04 Å². The van der Waals surface area contributed by atoms with Crippen molar-refractivity contribution in [2.24, 2.45) is 0 Å². The number of nitrogens with zero attached hydrogens (tertiary/aromatic N) is 2. The van der Waals surface area contributed by atoms with Gasteiger partial charge in [0.15, 0.2) is 11.7 Å². The Morgan fingerprint density at radius 3 is 2.70 bits per heavy atom. The molecule has 0 saturated heterocycles. The molecule has 0 bridgehead atoms. The number of fused-ring (bicyclic) bond motifs is 1. The number of carbonyl (C=O) groups excluding carboxylic acids is 1. The summed E-state index contributed by atoms with van der Waals surface area (Å²) in [7, 11) is 0. The number of benzene rings is 1. The normalized spacial score (nSPS) is 18.6. The van der Waals surface area contributed by atoms with E-state index in [9.17, 15) is 18.0 Å². The Labute approximate surface area is 179 Å². The van der Waals surface area contributed by atoms with Crippen molar-refractivity contribution in [1.82, 2.24) is 9.78 Å². The van der Waals surface area contributed by atoms with Gasteiger partial charge in [0.25, 0.3) is 5.91 Å². The molecule has 10 heteroatoms. The second-order valence-corrected chi connectivity index (χ2v) is 8.57. The standard InChI is InChI=1S/C20H18ClF3N4OS/c1-10-5-6-12(8-11(10)2)25-19(29)17-16(21)18-26-13(14-4-3-7-30-14)9-15(20(22,23)24)28(18)27-17/h3-8,13,15,26H,9H2,1-2H3,(H,25,29). The number of alkyl halides is 3. The number of halogens is 4. The maximum atomic E-state index is 13.8. The molecule has 5 nitrogen and oxygen atoms in total. The molecule has 158 valence electrons. The molecule has 1 aliphatic heterocycles. The summed E-state index contributed by atoms with van der Waals surface area (Å²) in [4.78, 5) is 13.5. The van der Waals surface area contributed by atoms with Crippen LogP contribution in [0, 0.1) is 13.8 Å². The van der Waals surface area contributed by atoms with Crippen LogP contribution in [0.3, 0.4) is 0 Å². The fourth-order valence-corrected chi connectivity index (χ4v) is 4.48. The molecule has 3 aromatic rings. The lowest BCUT2D eigenvalue weighted by atomic mass is 10.0. The molecule has 2 aromatic heterocycles. The summed E-state index contributed by atoms with van der Waals surface area (Å²) in [5, 5.41) is 11.3. The van der Waals surface area contributed by atoms with E-state index in [2.05, 4.69) is 15.7 Å². The summed E-state index contributed by atoms with van der Waals surface area (Å²) >= 11 is 7.69. The maximum Gasteiger partial charge on any atom is 0.410 e. The Bertz CT molecular complexity index is 1090. The van der Waals surface area contributed by atoms with Gasteiger partial charge in [-0.1, -0.05) is 23.7 Å². The second-order valence-electron chi connectivity index (χ2n) is 7.21. The predicted molar refractivity (Wildman–Crippen MR) is 111 cm³/mol. The smallest absolute Gasteiger partial charge is 0.361 e. The molecule has 2 atom stereocenters. The lowest BCUT2D eigenvalue weighted by Crippen LogP contribution is -2.35. The number of thiophene rings is 1. The first-order valence-electron chi connectivity index (χ1n) is 9.18. The van der Waals surface area contributed by atoms with Crippen LogP contribution in [-0.4, -0.2) is 21.9 Å². The van der Waals surface area contributed by atoms with E-state index in [1.165, 1.54) is 11.3 Å². The first-order valence-corrected chi connectivity index (χ1v) is 10.4. The summed E-state index contributed by atoms with van der Waals surface area (Å²) in [5.74, 6) is -0.672. The molecule has 0 saturated carbocycles. The number of nitrogens with one attached hydrogen (secondary N) is 2. The van der Waals surface area contributed by atoms with E-state index in [0.717, 1.165) is 20.7 Å². The molecule has 3 heterocycles. The van der Waals surface area contributed by atoms with E-state index in [0.29, 0.717) is 5.69 Å². The lowest BCUT2D eigenvalue weighted by Gasteiger charge is -2.32. The largest absolute Gasteiger partial charge is 0.410 e. The van der Waals surface area contributed by atoms with E-state index in [4.69, 9.17) is 11.6 Å². The van der Waals surface area contributed by atoms with Crippen molar-refractivity contribution in [2.75, 3.05) is 10.6 Å². The Balaban J connectivity index is 1.69. The third kappa shape index (κ3) is 3.79. The average Bonchev–Trinajstić information content (AvgIpc) is 3.32. The highest BCUT2D eigenvalue weighted by atomic mass is 35.5. The van der Waals surface area contributed by atoms with Crippen molar-refractivity contribution >= 4 is 40.4 Å². The summed E-state index contributed by atoms with van der Waals surface area (Å²) < 4.78 is 42.1. The lowest BCUT2D eigenvalue weighted by molar-refractivity contribution is -0.173. The molecule has 2 N–H and O–H groups in total. The molecule has 30 heavy (non-hydrogen) atoms. The topological polar surface area (TPSA) is 59.0 Å².